The maximum Gasteiger partial charge on any atom is 0.289 e. The van der Waals surface area contributed by atoms with Crippen molar-refractivity contribution in [1.29, 1.82) is 0 Å². The monoisotopic (exact) mass is 390 g/mol. The Bertz CT molecular complexity index is 1260. The number of nitrogens with zero attached hydrogens (tertiary/aromatic N) is 4. The van der Waals surface area contributed by atoms with E-state index in [9.17, 15) is 9.59 Å². The second-order valence-corrected chi connectivity index (χ2v) is 7.74. The van der Waals surface area contributed by atoms with Gasteiger partial charge in [0.15, 0.2) is 11.4 Å². The molecule has 1 amide bonds. The first-order chi connectivity index (χ1) is 14.1. The van der Waals surface area contributed by atoms with E-state index >= 15 is 0 Å². The van der Waals surface area contributed by atoms with Crippen LogP contribution in [-0.2, 0) is 6.54 Å². The van der Waals surface area contributed by atoms with Crippen LogP contribution in [0.1, 0.15) is 36.1 Å². The number of likely N-dealkylation sites (tertiary alicyclic amines) is 1. The van der Waals surface area contributed by atoms with Gasteiger partial charge in [0.1, 0.15) is 11.3 Å². The largest absolute Gasteiger partial charge is 0.454 e. The molecule has 7 heteroatoms. The van der Waals surface area contributed by atoms with Gasteiger partial charge in [-0.1, -0.05) is 6.92 Å². The first-order valence-corrected chi connectivity index (χ1v) is 9.94. The maximum atomic E-state index is 13.0. The molecule has 0 bridgehead atoms. The fourth-order valence-corrected chi connectivity index (χ4v) is 4.03. The van der Waals surface area contributed by atoms with Gasteiger partial charge < -0.3 is 13.7 Å². The molecule has 0 unspecified atom stereocenters. The highest BCUT2D eigenvalue weighted by atomic mass is 16.4. The van der Waals surface area contributed by atoms with Crippen LogP contribution in [0.5, 0.6) is 0 Å². The number of rotatable bonds is 3. The minimum atomic E-state index is -0.143. The van der Waals surface area contributed by atoms with Crippen LogP contribution in [-0.4, -0.2) is 37.8 Å². The van der Waals surface area contributed by atoms with Gasteiger partial charge in [-0.2, -0.15) is 0 Å². The van der Waals surface area contributed by atoms with Crippen LogP contribution in [0.2, 0.25) is 0 Å². The van der Waals surface area contributed by atoms with E-state index in [0.29, 0.717) is 28.6 Å². The van der Waals surface area contributed by atoms with Crippen LogP contribution >= 0.6 is 0 Å². The minimum Gasteiger partial charge on any atom is -0.454 e. The van der Waals surface area contributed by atoms with Crippen LogP contribution < -0.4 is 5.56 Å². The van der Waals surface area contributed by atoms with Crippen LogP contribution in [0.25, 0.3) is 16.7 Å². The highest BCUT2D eigenvalue weighted by Gasteiger charge is 2.24. The molecule has 7 nitrogen and oxygen atoms in total. The Balaban J connectivity index is 1.48. The molecule has 0 N–H and O–H groups in total. The van der Waals surface area contributed by atoms with Crippen LogP contribution in [0.3, 0.4) is 0 Å². The van der Waals surface area contributed by atoms with E-state index in [0.717, 1.165) is 31.4 Å². The lowest BCUT2D eigenvalue weighted by Crippen LogP contribution is -2.37. The molecule has 148 valence electrons. The summed E-state index contributed by atoms with van der Waals surface area (Å²) in [6, 6.07) is 10.9. The Kier molecular flexibility index (Phi) is 4.23. The second-order valence-electron chi connectivity index (χ2n) is 7.74. The molecule has 5 rings (SSSR count). The summed E-state index contributed by atoms with van der Waals surface area (Å²) in [7, 11) is 0. The number of fused-ring (bicyclic) bond motifs is 3. The molecular formula is C22H22N4O3. The van der Waals surface area contributed by atoms with E-state index in [4.69, 9.17) is 4.42 Å². The summed E-state index contributed by atoms with van der Waals surface area (Å²) in [4.78, 5) is 32.0. The molecule has 0 saturated carbocycles. The molecule has 5 heterocycles. The van der Waals surface area contributed by atoms with Crippen molar-refractivity contribution in [2.24, 2.45) is 5.92 Å². The number of carbonyl (C=O) groups excluding carboxylic acids is 1. The zero-order valence-electron chi connectivity index (χ0n) is 16.2. The van der Waals surface area contributed by atoms with E-state index in [1.165, 1.54) is 0 Å². The van der Waals surface area contributed by atoms with Gasteiger partial charge in [-0.15, -0.1) is 0 Å². The Morgan fingerprint density at radius 2 is 1.93 bits per heavy atom. The number of hydrogen-bond donors (Lipinski definition) is 0. The summed E-state index contributed by atoms with van der Waals surface area (Å²) in [5, 5.41) is 0. The zero-order chi connectivity index (χ0) is 20.0. The number of hydrogen-bond acceptors (Lipinski definition) is 4. The van der Waals surface area contributed by atoms with Gasteiger partial charge >= 0.3 is 0 Å². The van der Waals surface area contributed by atoms with Crippen LogP contribution in [0.15, 0.2) is 58.0 Å². The van der Waals surface area contributed by atoms with Crippen molar-refractivity contribution in [2.45, 2.75) is 26.3 Å². The summed E-state index contributed by atoms with van der Waals surface area (Å²) >= 11 is 0. The third kappa shape index (κ3) is 3.03. The third-order valence-electron chi connectivity index (χ3n) is 5.75. The topological polar surface area (TPSA) is 72.8 Å². The number of amides is 1. The fourth-order valence-electron chi connectivity index (χ4n) is 4.03. The van der Waals surface area contributed by atoms with Gasteiger partial charge in [0.05, 0.1) is 12.1 Å². The van der Waals surface area contributed by atoms with Crippen molar-refractivity contribution >= 4 is 22.6 Å². The average molecular weight is 390 g/mol. The summed E-state index contributed by atoms with van der Waals surface area (Å²) in [6.45, 7) is 3.95. The molecule has 4 aromatic rings. The lowest BCUT2D eigenvalue weighted by Gasteiger charge is -2.29. The molecule has 0 atom stereocenters. The van der Waals surface area contributed by atoms with E-state index in [2.05, 4.69) is 11.9 Å². The van der Waals surface area contributed by atoms with Crippen molar-refractivity contribution in [3.63, 3.8) is 0 Å². The van der Waals surface area contributed by atoms with Gasteiger partial charge in [0.25, 0.3) is 11.5 Å². The lowest BCUT2D eigenvalue weighted by molar-refractivity contribution is 0.0663. The normalized spacial score (nSPS) is 15.4. The van der Waals surface area contributed by atoms with Crippen LogP contribution in [0.4, 0.5) is 0 Å². The Morgan fingerprint density at radius 3 is 2.76 bits per heavy atom. The van der Waals surface area contributed by atoms with E-state index in [1.807, 2.05) is 33.7 Å². The molecular weight excluding hydrogens is 368 g/mol. The maximum absolute atomic E-state index is 13.0. The van der Waals surface area contributed by atoms with Gasteiger partial charge in [-0.3, -0.25) is 14.2 Å². The predicted molar refractivity (Wildman–Crippen MR) is 109 cm³/mol. The zero-order valence-corrected chi connectivity index (χ0v) is 16.2. The lowest BCUT2D eigenvalue weighted by atomic mass is 9.99. The van der Waals surface area contributed by atoms with Crippen molar-refractivity contribution in [3.8, 4) is 0 Å². The number of pyridine rings is 1. The third-order valence-corrected chi connectivity index (χ3v) is 5.75. The number of aromatic nitrogens is 3. The quantitative estimate of drug-likeness (QED) is 0.539. The van der Waals surface area contributed by atoms with Crippen LogP contribution in [0, 0.1) is 5.92 Å². The predicted octanol–water partition coefficient (Wildman–Crippen LogP) is 3.16. The summed E-state index contributed by atoms with van der Waals surface area (Å²) in [6.07, 6.45) is 5.56. The Morgan fingerprint density at radius 1 is 1.14 bits per heavy atom. The summed E-state index contributed by atoms with van der Waals surface area (Å²) in [5.74, 6) is 1.45. The summed E-state index contributed by atoms with van der Waals surface area (Å²) < 4.78 is 9.28. The van der Waals surface area contributed by atoms with Gasteiger partial charge in [0.2, 0.25) is 0 Å². The van der Waals surface area contributed by atoms with E-state index < -0.39 is 0 Å². The Hall–Kier alpha value is -3.35. The molecule has 0 radical (unpaired) electrons. The smallest absolute Gasteiger partial charge is 0.289 e. The highest BCUT2D eigenvalue weighted by molar-refractivity contribution is 5.91. The minimum absolute atomic E-state index is 0.0828. The van der Waals surface area contributed by atoms with Gasteiger partial charge in [-0.05, 0) is 55.2 Å². The highest BCUT2D eigenvalue weighted by Crippen LogP contribution is 2.20. The summed E-state index contributed by atoms with van der Waals surface area (Å²) in [5.41, 5.74) is 1.86. The SMILES string of the molecule is CC1CCN(C(=O)c2ccc(Cn3c(=O)c4cccn4c4cccnc43)o2)CC1. The van der Waals surface area contributed by atoms with Gasteiger partial charge in [-0.25, -0.2) is 4.98 Å². The van der Waals surface area contributed by atoms with Gasteiger partial charge in [0, 0.05) is 25.5 Å². The first kappa shape index (κ1) is 17.7. The standard InChI is InChI=1S/C22H22N4O3/c1-15-8-12-24(13-9-15)22(28)19-7-6-16(29-19)14-26-20-17(4-2-10-23-20)25-11-3-5-18(25)21(26)27/h2-7,10-11,15H,8-9,12-14H2,1H3. The second kappa shape index (κ2) is 6.92. The van der Waals surface area contributed by atoms with E-state index in [-0.39, 0.29) is 18.0 Å². The molecule has 29 heavy (non-hydrogen) atoms. The molecule has 4 aromatic heterocycles. The fraction of sp³-hybridized carbons (Fsp3) is 0.318. The molecule has 0 aromatic carbocycles. The number of carbonyl (C=O) groups is 1. The molecule has 1 saturated heterocycles. The van der Waals surface area contributed by atoms with Crippen molar-refractivity contribution in [2.75, 3.05) is 13.1 Å². The molecule has 1 fully saturated rings. The Labute approximate surface area is 167 Å². The molecule has 1 aliphatic heterocycles. The van der Waals surface area contributed by atoms with Crippen molar-refractivity contribution in [3.05, 3.63) is 70.7 Å². The van der Waals surface area contributed by atoms with E-state index in [1.54, 1.807) is 29.0 Å². The molecule has 0 spiro atoms. The average Bonchev–Trinajstić information content (AvgIpc) is 3.41. The molecule has 1 aliphatic rings. The van der Waals surface area contributed by atoms with Crippen molar-refractivity contribution in [1.82, 2.24) is 18.9 Å². The number of furan rings is 1. The first-order valence-electron chi connectivity index (χ1n) is 9.94. The number of piperidine rings is 1. The molecule has 0 aliphatic carbocycles. The van der Waals surface area contributed by atoms with Crippen molar-refractivity contribution < 1.29 is 9.21 Å².